The molecule has 0 bridgehead atoms. The van der Waals surface area contributed by atoms with Gasteiger partial charge in [-0.15, -0.1) is 11.8 Å². The largest absolute Gasteiger partial charge is 0.543 e. The SMILES string of the molecule is CC[n+]1c(N)cc(N)nc1SCC1=C(C(=O)[O-])N2C(=O)C(NC(=O)/C(=N\OC(C)(C)C(=O)O)c3nsc(N)n3)[C@H]2SC1. The first-order chi connectivity index (χ1) is 19.7. The third-order valence-corrected chi connectivity index (χ3v) is 8.98. The molecule has 8 N–H and O–H groups in total. The number of aliphatic carboxylic acids is 2. The van der Waals surface area contributed by atoms with Crippen LogP contribution in [-0.2, 0) is 30.6 Å². The van der Waals surface area contributed by atoms with E-state index in [1.54, 1.807) is 4.57 Å². The minimum Gasteiger partial charge on any atom is -0.543 e. The van der Waals surface area contributed by atoms with Crippen molar-refractivity contribution in [1.29, 1.82) is 0 Å². The molecular weight excluding hydrogens is 613 g/mol. The summed E-state index contributed by atoms with van der Waals surface area (Å²) in [6, 6.07) is 0.375. The number of hydrogen-bond acceptors (Lipinski definition) is 16. The van der Waals surface area contributed by atoms with Gasteiger partial charge in [-0.1, -0.05) is 10.1 Å². The van der Waals surface area contributed by atoms with Crippen LogP contribution in [0.3, 0.4) is 0 Å². The molecule has 2 aliphatic rings. The van der Waals surface area contributed by atoms with Crippen molar-refractivity contribution in [1.82, 2.24) is 24.6 Å². The lowest BCUT2D eigenvalue weighted by molar-refractivity contribution is -0.719. The molecular formula is C22H26N10O7S3. The smallest absolute Gasteiger partial charge is 0.350 e. The van der Waals surface area contributed by atoms with Crippen molar-refractivity contribution in [3.8, 4) is 0 Å². The van der Waals surface area contributed by atoms with Crippen LogP contribution in [0.5, 0.6) is 0 Å². The van der Waals surface area contributed by atoms with E-state index in [9.17, 15) is 29.4 Å². The molecule has 2 aromatic heterocycles. The number of nitrogen functional groups attached to an aromatic ring is 3. The monoisotopic (exact) mass is 638 g/mol. The molecule has 1 fully saturated rings. The Morgan fingerprint density at radius 2 is 2.05 bits per heavy atom. The first-order valence-electron chi connectivity index (χ1n) is 12.1. The highest BCUT2D eigenvalue weighted by Gasteiger charge is 2.53. The van der Waals surface area contributed by atoms with E-state index in [-0.39, 0.29) is 34.0 Å². The van der Waals surface area contributed by atoms with Gasteiger partial charge in [-0.05, 0) is 38.1 Å². The summed E-state index contributed by atoms with van der Waals surface area (Å²) in [4.78, 5) is 64.2. The Hall–Kier alpha value is -4.17. The highest BCUT2D eigenvalue weighted by atomic mass is 32.2. The molecule has 2 aromatic rings. The predicted octanol–water partition coefficient (Wildman–Crippen LogP) is -2.23. The number of β-lactam (4-membered cyclic amide) rings is 1. The molecule has 2 atom stereocenters. The molecule has 224 valence electrons. The van der Waals surface area contributed by atoms with Gasteiger partial charge in [-0.2, -0.15) is 9.36 Å². The Labute approximate surface area is 250 Å². The van der Waals surface area contributed by atoms with Crippen LogP contribution in [0.4, 0.5) is 16.8 Å². The summed E-state index contributed by atoms with van der Waals surface area (Å²) < 4.78 is 5.63. The average molecular weight is 639 g/mol. The van der Waals surface area contributed by atoms with E-state index >= 15 is 0 Å². The molecule has 0 aliphatic carbocycles. The van der Waals surface area contributed by atoms with E-state index < -0.39 is 46.5 Å². The van der Waals surface area contributed by atoms with Crippen LogP contribution in [0.1, 0.15) is 26.6 Å². The predicted molar refractivity (Wildman–Crippen MR) is 150 cm³/mol. The number of carboxylic acid groups (broad SMARTS) is 2. The van der Waals surface area contributed by atoms with Crippen LogP contribution in [-0.4, -0.2) is 82.3 Å². The Morgan fingerprint density at radius 1 is 1.33 bits per heavy atom. The first kappa shape index (κ1) is 30.8. The van der Waals surface area contributed by atoms with Crippen molar-refractivity contribution in [3.05, 3.63) is 23.2 Å². The molecule has 2 amide bonds. The Balaban J connectivity index is 1.54. The second-order valence-corrected chi connectivity index (χ2v) is 12.2. The van der Waals surface area contributed by atoms with Gasteiger partial charge >= 0.3 is 11.1 Å². The van der Waals surface area contributed by atoms with Gasteiger partial charge in [0, 0.05) is 23.0 Å². The summed E-state index contributed by atoms with van der Waals surface area (Å²) in [5, 5.41) is 27.3. The number of aromatic nitrogens is 4. The first-order valence-corrected chi connectivity index (χ1v) is 14.9. The van der Waals surface area contributed by atoms with Crippen molar-refractivity contribution < 1.29 is 38.8 Å². The van der Waals surface area contributed by atoms with Crippen molar-refractivity contribution in [2.24, 2.45) is 5.16 Å². The number of nitrogens with zero attached hydrogens (tertiary/aromatic N) is 6. The Kier molecular flexibility index (Phi) is 8.78. The van der Waals surface area contributed by atoms with Gasteiger partial charge in [0.25, 0.3) is 11.8 Å². The van der Waals surface area contributed by atoms with E-state index in [2.05, 4.69) is 24.8 Å². The van der Waals surface area contributed by atoms with Gasteiger partial charge < -0.3 is 42.4 Å². The fourth-order valence-corrected chi connectivity index (χ4v) is 6.84. The summed E-state index contributed by atoms with van der Waals surface area (Å²) in [6.07, 6.45) is 0. The number of carboxylic acids is 2. The number of oxime groups is 1. The minimum absolute atomic E-state index is 0.00592. The highest BCUT2D eigenvalue weighted by molar-refractivity contribution is 8.01. The summed E-state index contributed by atoms with van der Waals surface area (Å²) in [7, 11) is 0. The minimum atomic E-state index is -1.80. The summed E-state index contributed by atoms with van der Waals surface area (Å²) >= 11 is 3.20. The lowest BCUT2D eigenvalue weighted by Gasteiger charge is -2.50. The van der Waals surface area contributed by atoms with Gasteiger partial charge in [-0.25, -0.2) is 9.36 Å². The number of carbonyl (C=O) groups is 4. The van der Waals surface area contributed by atoms with Crippen LogP contribution < -0.4 is 32.2 Å². The molecule has 4 rings (SSSR count). The summed E-state index contributed by atoms with van der Waals surface area (Å²) in [6.45, 7) is 4.80. The molecule has 4 heterocycles. The number of amides is 2. The second-order valence-electron chi connectivity index (χ2n) is 9.32. The lowest BCUT2D eigenvalue weighted by Crippen LogP contribution is -2.71. The van der Waals surface area contributed by atoms with Crippen molar-refractivity contribution in [2.45, 2.75) is 49.5 Å². The van der Waals surface area contributed by atoms with E-state index in [4.69, 9.17) is 22.0 Å². The third-order valence-electron chi connectivity index (χ3n) is 6.03. The topological polar surface area (TPSA) is 269 Å². The van der Waals surface area contributed by atoms with Crippen LogP contribution in [0, 0.1) is 0 Å². The van der Waals surface area contributed by atoms with E-state index in [1.165, 1.54) is 43.4 Å². The molecule has 0 spiro atoms. The van der Waals surface area contributed by atoms with E-state index in [1.807, 2.05) is 6.92 Å². The number of fused-ring (bicyclic) bond motifs is 1. The number of nitrogens with one attached hydrogen (secondary N) is 1. The molecule has 2 aliphatic heterocycles. The van der Waals surface area contributed by atoms with Crippen LogP contribution in [0.15, 0.2) is 27.6 Å². The zero-order valence-corrected chi connectivity index (χ0v) is 24.8. The van der Waals surface area contributed by atoms with Gasteiger partial charge in [0.05, 0.1) is 24.3 Å². The maximum atomic E-state index is 13.2. The number of rotatable bonds is 11. The molecule has 20 heteroatoms. The zero-order chi connectivity index (χ0) is 30.9. The van der Waals surface area contributed by atoms with Gasteiger partial charge in [0.2, 0.25) is 28.8 Å². The number of thioether (sulfide) groups is 2. The van der Waals surface area contributed by atoms with Crippen molar-refractivity contribution in [2.75, 3.05) is 28.7 Å². The van der Waals surface area contributed by atoms with Crippen LogP contribution >= 0.6 is 35.1 Å². The number of carbonyl (C=O) groups excluding carboxylic acids is 3. The molecule has 0 saturated carbocycles. The fourth-order valence-electron chi connectivity index (χ4n) is 3.83. The lowest BCUT2D eigenvalue weighted by atomic mass is 10.0. The third kappa shape index (κ3) is 6.04. The molecule has 1 unspecified atom stereocenters. The number of anilines is 3. The number of hydrogen-bond donors (Lipinski definition) is 5. The van der Waals surface area contributed by atoms with Crippen LogP contribution in [0.25, 0.3) is 0 Å². The number of nitrogens with two attached hydrogens (primary N) is 3. The van der Waals surface area contributed by atoms with Gasteiger partial charge in [0.15, 0.2) is 5.13 Å². The maximum Gasteiger partial charge on any atom is 0.350 e. The maximum absolute atomic E-state index is 13.2. The standard InChI is InChI=1S/C22H26N10O7S3/c1-4-31-10(24)5-9(23)26-21(31)41-7-8-6-40-17-12(16(34)32(17)13(8)18(35)36)27-15(33)11(14-28-20(25)42-30-14)29-39-22(2,3)19(37)38/h5,12,17H,4,6-7H2,1-3H3,(H8,23,24,25,27,28,30,33,35,36,37,38)/b29-11-/t12?,17-/m1/s1. The summed E-state index contributed by atoms with van der Waals surface area (Å²) in [5.74, 6) is -3.83. The fraction of sp³-hybridized carbons (Fsp3) is 0.409. The molecule has 17 nitrogen and oxygen atoms in total. The van der Waals surface area contributed by atoms with Crippen LogP contribution in [0.2, 0.25) is 0 Å². The average Bonchev–Trinajstić information content (AvgIpc) is 3.35. The van der Waals surface area contributed by atoms with Crippen molar-refractivity contribution >= 4 is 81.3 Å². The van der Waals surface area contributed by atoms with Gasteiger partial charge in [-0.3, -0.25) is 14.5 Å². The van der Waals surface area contributed by atoms with Gasteiger partial charge in [0.1, 0.15) is 11.4 Å². The highest BCUT2D eigenvalue weighted by Crippen LogP contribution is 2.41. The molecule has 42 heavy (non-hydrogen) atoms. The summed E-state index contributed by atoms with van der Waals surface area (Å²) in [5.41, 5.74) is 15.3. The molecule has 0 aromatic carbocycles. The van der Waals surface area contributed by atoms with Crippen molar-refractivity contribution in [3.63, 3.8) is 0 Å². The molecule has 1 saturated heterocycles. The zero-order valence-electron chi connectivity index (χ0n) is 22.4. The van der Waals surface area contributed by atoms with E-state index in [0.29, 0.717) is 23.1 Å². The Bertz CT molecular complexity index is 1530. The normalized spacial score (nSPS) is 18.8. The Morgan fingerprint density at radius 3 is 2.64 bits per heavy atom. The quantitative estimate of drug-likeness (QED) is 0.0435. The molecule has 0 radical (unpaired) electrons. The second kappa shape index (κ2) is 12.0. The van der Waals surface area contributed by atoms with E-state index in [0.717, 1.165) is 16.4 Å².